The Bertz CT molecular complexity index is 401. The molecule has 1 saturated heterocycles. The fraction of sp³-hybridized carbons (Fsp3) is 0.583. The van der Waals surface area contributed by atoms with E-state index in [2.05, 4.69) is 52.2 Å². The summed E-state index contributed by atoms with van der Waals surface area (Å²) in [5.41, 5.74) is 0. The number of halogens is 1. The molecule has 0 saturated carbocycles. The van der Waals surface area contributed by atoms with Gasteiger partial charge >= 0.3 is 0 Å². The zero-order chi connectivity index (χ0) is 12.3. The van der Waals surface area contributed by atoms with Crippen LogP contribution in [-0.4, -0.2) is 17.0 Å². The molecule has 1 fully saturated rings. The van der Waals surface area contributed by atoms with E-state index in [9.17, 15) is 0 Å². The lowest BCUT2D eigenvalue weighted by atomic mass is 10.0. The minimum atomic E-state index is 0.588. The number of nitrogens with zero attached hydrogens (tertiary/aromatic N) is 1. The van der Waals surface area contributed by atoms with Gasteiger partial charge in [-0.3, -0.25) is 4.99 Å². The highest BCUT2D eigenvalue weighted by Gasteiger charge is 2.19. The topological polar surface area (TPSA) is 24.4 Å². The molecule has 0 aliphatic carbocycles. The van der Waals surface area contributed by atoms with Crippen LogP contribution >= 0.6 is 39.0 Å². The van der Waals surface area contributed by atoms with Gasteiger partial charge in [-0.2, -0.15) is 0 Å². The Kier molecular flexibility index (Phi) is 4.94. The minimum absolute atomic E-state index is 0.588. The van der Waals surface area contributed by atoms with E-state index in [0.717, 1.165) is 11.7 Å². The highest BCUT2D eigenvalue weighted by atomic mass is 79.9. The maximum Gasteiger partial charge on any atom is 0.157 e. The van der Waals surface area contributed by atoms with Gasteiger partial charge in [-0.1, -0.05) is 25.6 Å². The van der Waals surface area contributed by atoms with Crippen molar-refractivity contribution in [3.8, 4) is 0 Å². The molecule has 0 bridgehead atoms. The molecule has 1 aromatic heterocycles. The molecule has 0 radical (unpaired) electrons. The van der Waals surface area contributed by atoms with E-state index < -0.39 is 0 Å². The van der Waals surface area contributed by atoms with Gasteiger partial charge in [0.25, 0.3) is 0 Å². The van der Waals surface area contributed by atoms with Gasteiger partial charge < -0.3 is 5.32 Å². The summed E-state index contributed by atoms with van der Waals surface area (Å²) in [5.74, 6) is 1.86. The number of amidine groups is 1. The second-order valence-electron chi connectivity index (χ2n) is 4.46. The zero-order valence-corrected chi connectivity index (χ0v) is 13.3. The number of hydrogen-bond donors (Lipinski definition) is 1. The van der Waals surface area contributed by atoms with Gasteiger partial charge in [0, 0.05) is 16.7 Å². The quantitative estimate of drug-likeness (QED) is 0.900. The maximum absolute atomic E-state index is 4.66. The lowest BCUT2D eigenvalue weighted by Gasteiger charge is -2.28. The summed E-state index contributed by atoms with van der Waals surface area (Å²) in [6, 6.07) is 4.80. The van der Waals surface area contributed by atoms with Crippen molar-refractivity contribution < 1.29 is 0 Å². The predicted octanol–water partition coefficient (Wildman–Crippen LogP) is 4.12. The van der Waals surface area contributed by atoms with Crippen LogP contribution in [0.15, 0.2) is 20.9 Å². The van der Waals surface area contributed by atoms with Gasteiger partial charge in [0.05, 0.1) is 10.3 Å². The van der Waals surface area contributed by atoms with E-state index in [4.69, 9.17) is 0 Å². The molecular formula is C12H17BrN2S2. The van der Waals surface area contributed by atoms with Crippen LogP contribution in [0.1, 0.15) is 25.1 Å². The third kappa shape index (κ3) is 4.00. The molecule has 1 atom stereocenters. The Hall–Kier alpha value is -0.0000000000000000278. The molecule has 2 heterocycles. The fourth-order valence-electron chi connectivity index (χ4n) is 1.73. The van der Waals surface area contributed by atoms with Gasteiger partial charge in [-0.05, 0) is 40.4 Å². The van der Waals surface area contributed by atoms with Gasteiger partial charge in [-0.15, -0.1) is 11.3 Å². The molecule has 5 heteroatoms. The Morgan fingerprint density at radius 3 is 3.00 bits per heavy atom. The third-order valence-corrected chi connectivity index (χ3v) is 5.36. The van der Waals surface area contributed by atoms with E-state index in [0.29, 0.717) is 12.0 Å². The first-order valence-corrected chi connectivity index (χ1v) is 8.42. The molecule has 1 aliphatic rings. The zero-order valence-electron chi connectivity index (χ0n) is 10.1. The number of rotatable bonds is 3. The van der Waals surface area contributed by atoms with Crippen LogP contribution in [0.25, 0.3) is 0 Å². The lowest BCUT2D eigenvalue weighted by Crippen LogP contribution is -2.41. The van der Waals surface area contributed by atoms with Crippen LogP contribution in [0.5, 0.6) is 0 Å². The monoisotopic (exact) mass is 332 g/mol. The van der Waals surface area contributed by atoms with Crippen molar-refractivity contribution in [1.29, 1.82) is 0 Å². The molecule has 0 spiro atoms. The van der Waals surface area contributed by atoms with E-state index in [1.807, 2.05) is 11.8 Å². The summed E-state index contributed by atoms with van der Waals surface area (Å²) in [6.07, 6.45) is 1.24. The Labute approximate surface area is 119 Å². The summed E-state index contributed by atoms with van der Waals surface area (Å²) in [4.78, 5) is 5.96. The number of nitrogens with one attached hydrogen (secondary N) is 1. The van der Waals surface area contributed by atoms with Crippen LogP contribution in [-0.2, 0) is 6.54 Å². The van der Waals surface area contributed by atoms with Gasteiger partial charge in [-0.25, -0.2) is 0 Å². The van der Waals surface area contributed by atoms with Crippen LogP contribution in [0, 0.1) is 5.92 Å². The molecule has 0 amide bonds. The number of thiophene rings is 1. The van der Waals surface area contributed by atoms with Crippen LogP contribution in [0.3, 0.4) is 0 Å². The minimum Gasteiger partial charge on any atom is -0.362 e. The van der Waals surface area contributed by atoms with Crippen LogP contribution < -0.4 is 5.32 Å². The molecule has 2 nitrogen and oxygen atoms in total. The molecular weight excluding hydrogens is 316 g/mol. The van der Waals surface area contributed by atoms with Gasteiger partial charge in [0.15, 0.2) is 5.17 Å². The van der Waals surface area contributed by atoms with Crippen molar-refractivity contribution in [3.63, 3.8) is 0 Å². The SMILES string of the molecule is CC(C)C1CCSC(=NCc2ccc(Br)s2)N1. The van der Waals surface area contributed by atoms with Gasteiger partial charge in [0.1, 0.15) is 0 Å². The molecule has 1 N–H and O–H groups in total. The van der Waals surface area contributed by atoms with E-state index in [1.54, 1.807) is 11.3 Å². The lowest BCUT2D eigenvalue weighted by molar-refractivity contribution is 0.442. The predicted molar refractivity (Wildman–Crippen MR) is 82.0 cm³/mol. The average molecular weight is 333 g/mol. The van der Waals surface area contributed by atoms with Crippen LogP contribution in [0.4, 0.5) is 0 Å². The fourth-order valence-corrected chi connectivity index (χ4v) is 4.10. The maximum atomic E-state index is 4.66. The van der Waals surface area contributed by atoms with E-state index in [1.165, 1.54) is 20.8 Å². The summed E-state index contributed by atoms with van der Waals surface area (Å²) in [5, 5.41) is 4.65. The summed E-state index contributed by atoms with van der Waals surface area (Å²) < 4.78 is 1.18. The highest BCUT2D eigenvalue weighted by molar-refractivity contribution is 9.11. The Balaban J connectivity index is 1.93. The number of thioether (sulfide) groups is 1. The Morgan fingerprint density at radius 2 is 2.35 bits per heavy atom. The van der Waals surface area contributed by atoms with Crippen molar-refractivity contribution in [2.75, 3.05) is 5.75 Å². The molecule has 1 aromatic rings. The summed E-state index contributed by atoms with van der Waals surface area (Å²) in [7, 11) is 0. The van der Waals surface area contributed by atoms with Crippen LogP contribution in [0.2, 0.25) is 0 Å². The van der Waals surface area contributed by atoms with Crippen molar-refractivity contribution in [2.45, 2.75) is 32.9 Å². The second kappa shape index (κ2) is 6.25. The second-order valence-corrected chi connectivity index (χ2v) is 8.09. The van der Waals surface area contributed by atoms with Crippen molar-refractivity contribution in [1.82, 2.24) is 5.32 Å². The smallest absolute Gasteiger partial charge is 0.157 e. The van der Waals surface area contributed by atoms with Crippen molar-refractivity contribution >= 4 is 44.2 Å². The molecule has 1 aliphatic heterocycles. The van der Waals surface area contributed by atoms with Gasteiger partial charge in [0.2, 0.25) is 0 Å². The molecule has 2 rings (SSSR count). The number of hydrogen-bond acceptors (Lipinski definition) is 3. The molecule has 0 aromatic carbocycles. The molecule has 1 unspecified atom stereocenters. The summed E-state index contributed by atoms with van der Waals surface area (Å²) in [6.45, 7) is 5.32. The first-order chi connectivity index (χ1) is 8.15. The van der Waals surface area contributed by atoms with E-state index >= 15 is 0 Å². The number of aliphatic imine (C=N–C) groups is 1. The molecule has 17 heavy (non-hydrogen) atoms. The largest absolute Gasteiger partial charge is 0.362 e. The third-order valence-electron chi connectivity index (χ3n) is 2.79. The molecule has 94 valence electrons. The Morgan fingerprint density at radius 1 is 1.53 bits per heavy atom. The van der Waals surface area contributed by atoms with Crippen molar-refractivity contribution in [2.24, 2.45) is 10.9 Å². The highest BCUT2D eigenvalue weighted by Crippen LogP contribution is 2.24. The van der Waals surface area contributed by atoms with E-state index in [-0.39, 0.29) is 0 Å². The standard InChI is InChI=1S/C12H17BrN2S2/c1-8(2)10-5-6-16-12(15-10)14-7-9-3-4-11(13)17-9/h3-4,8,10H,5-7H2,1-2H3,(H,14,15). The first-order valence-electron chi connectivity index (χ1n) is 5.83. The normalized spacial score (nSPS) is 23.1. The average Bonchev–Trinajstić information content (AvgIpc) is 2.73. The van der Waals surface area contributed by atoms with Crippen molar-refractivity contribution in [3.05, 3.63) is 20.8 Å². The first kappa shape index (κ1) is 13.4. The summed E-state index contributed by atoms with van der Waals surface area (Å²) >= 11 is 7.07.